The number of nitrogens with zero attached hydrogens (tertiary/aromatic N) is 1. The van der Waals surface area contributed by atoms with Crippen molar-refractivity contribution >= 4 is 17.9 Å². The van der Waals surface area contributed by atoms with Gasteiger partial charge in [-0.05, 0) is 17.2 Å². The van der Waals surface area contributed by atoms with E-state index in [4.69, 9.17) is 0 Å². The maximum atomic E-state index is 12.3. The van der Waals surface area contributed by atoms with Crippen molar-refractivity contribution in [3.8, 4) is 0 Å². The average molecular weight is 277 g/mol. The molecule has 0 saturated heterocycles. The van der Waals surface area contributed by atoms with E-state index >= 15 is 0 Å². The molecule has 0 unspecified atom stereocenters. The first-order valence-corrected chi connectivity index (χ1v) is 6.90. The lowest BCUT2D eigenvalue weighted by molar-refractivity contribution is -0.127. The quantitative estimate of drug-likeness (QED) is 0.809. The van der Waals surface area contributed by atoms with Crippen LogP contribution in [0.4, 0.5) is 0 Å². The van der Waals surface area contributed by atoms with E-state index in [1.165, 1.54) is 4.90 Å². The molecule has 0 aliphatic carbocycles. The molecule has 2 aromatic carbocycles. The van der Waals surface area contributed by atoms with Gasteiger partial charge < -0.3 is 0 Å². The Morgan fingerprint density at radius 3 is 2.48 bits per heavy atom. The van der Waals surface area contributed by atoms with Crippen molar-refractivity contribution in [2.75, 3.05) is 6.54 Å². The van der Waals surface area contributed by atoms with Gasteiger partial charge in [0, 0.05) is 12.1 Å². The molecule has 0 fully saturated rings. The lowest BCUT2D eigenvalue weighted by atomic mass is 9.98. The molecule has 0 aromatic heterocycles. The van der Waals surface area contributed by atoms with Crippen LogP contribution >= 0.6 is 0 Å². The maximum Gasteiger partial charge on any atom is 0.261 e. The van der Waals surface area contributed by atoms with E-state index in [9.17, 15) is 9.59 Å². The third-order valence-corrected chi connectivity index (χ3v) is 3.53. The SMILES string of the molecule is O=C1Cc2ccccc2C(=O)N1CC=Cc1ccccc1. The van der Waals surface area contributed by atoms with Crippen LogP contribution in [0.25, 0.3) is 6.08 Å². The number of benzene rings is 2. The largest absolute Gasteiger partial charge is 0.274 e. The number of hydrogen-bond donors (Lipinski definition) is 0. The smallest absolute Gasteiger partial charge is 0.261 e. The van der Waals surface area contributed by atoms with Gasteiger partial charge >= 0.3 is 0 Å². The maximum absolute atomic E-state index is 12.3. The number of rotatable bonds is 3. The van der Waals surface area contributed by atoms with E-state index in [0.29, 0.717) is 18.5 Å². The van der Waals surface area contributed by atoms with Crippen molar-refractivity contribution in [2.24, 2.45) is 0 Å². The standard InChI is InChI=1S/C18H15NO2/c20-17-13-15-10-4-5-11-16(15)18(21)19(17)12-6-9-14-7-2-1-3-8-14/h1-11H,12-13H2. The van der Waals surface area contributed by atoms with Gasteiger partial charge in [0.2, 0.25) is 5.91 Å². The molecule has 0 saturated carbocycles. The third kappa shape index (κ3) is 2.77. The van der Waals surface area contributed by atoms with Crippen LogP contribution in [0.5, 0.6) is 0 Å². The van der Waals surface area contributed by atoms with Crippen molar-refractivity contribution in [1.82, 2.24) is 4.90 Å². The number of carbonyl (C=O) groups excluding carboxylic acids is 2. The summed E-state index contributed by atoms with van der Waals surface area (Å²) in [6, 6.07) is 17.1. The third-order valence-electron chi connectivity index (χ3n) is 3.53. The number of imide groups is 1. The van der Waals surface area contributed by atoms with Crippen molar-refractivity contribution < 1.29 is 9.59 Å². The lowest BCUT2D eigenvalue weighted by Gasteiger charge is -2.25. The summed E-state index contributed by atoms with van der Waals surface area (Å²) in [7, 11) is 0. The summed E-state index contributed by atoms with van der Waals surface area (Å²) < 4.78 is 0. The van der Waals surface area contributed by atoms with Crippen LogP contribution < -0.4 is 0 Å². The molecule has 3 rings (SSSR count). The van der Waals surface area contributed by atoms with Crippen LogP contribution in [-0.2, 0) is 11.2 Å². The molecular weight excluding hydrogens is 262 g/mol. The van der Waals surface area contributed by atoms with Gasteiger partial charge in [-0.25, -0.2) is 0 Å². The molecule has 2 aromatic rings. The molecule has 0 N–H and O–H groups in total. The summed E-state index contributed by atoms with van der Waals surface area (Å²) in [5.74, 6) is -0.351. The predicted molar refractivity (Wildman–Crippen MR) is 81.7 cm³/mol. The van der Waals surface area contributed by atoms with Crippen LogP contribution in [0.2, 0.25) is 0 Å². The molecule has 0 radical (unpaired) electrons. The van der Waals surface area contributed by atoms with Crippen LogP contribution in [0.15, 0.2) is 60.7 Å². The molecule has 21 heavy (non-hydrogen) atoms. The van der Waals surface area contributed by atoms with Crippen LogP contribution in [0.1, 0.15) is 21.5 Å². The molecule has 0 spiro atoms. The van der Waals surface area contributed by atoms with E-state index < -0.39 is 0 Å². The molecule has 0 atom stereocenters. The highest BCUT2D eigenvalue weighted by Crippen LogP contribution is 2.19. The summed E-state index contributed by atoms with van der Waals surface area (Å²) in [4.78, 5) is 25.7. The zero-order valence-electron chi connectivity index (χ0n) is 11.5. The van der Waals surface area contributed by atoms with E-state index in [2.05, 4.69) is 0 Å². The second-order valence-corrected chi connectivity index (χ2v) is 4.96. The molecule has 3 heteroatoms. The van der Waals surface area contributed by atoms with Crippen molar-refractivity contribution in [3.05, 3.63) is 77.4 Å². The monoisotopic (exact) mass is 277 g/mol. The first kappa shape index (κ1) is 13.3. The minimum Gasteiger partial charge on any atom is -0.274 e. The lowest BCUT2D eigenvalue weighted by Crippen LogP contribution is -2.42. The minimum absolute atomic E-state index is 0.142. The van der Waals surface area contributed by atoms with Gasteiger partial charge in [0.25, 0.3) is 5.91 Å². The Labute approximate surface area is 123 Å². The molecule has 1 heterocycles. The Balaban J connectivity index is 1.76. The van der Waals surface area contributed by atoms with Gasteiger partial charge in [0.15, 0.2) is 0 Å². The predicted octanol–water partition coefficient (Wildman–Crippen LogP) is 2.92. The molecule has 1 aliphatic rings. The molecule has 0 bridgehead atoms. The average Bonchev–Trinajstić information content (AvgIpc) is 2.51. The number of hydrogen-bond acceptors (Lipinski definition) is 2. The minimum atomic E-state index is -0.209. The zero-order chi connectivity index (χ0) is 14.7. The Bertz CT molecular complexity index is 704. The van der Waals surface area contributed by atoms with Crippen molar-refractivity contribution in [3.63, 3.8) is 0 Å². The molecule has 2 amide bonds. The number of amides is 2. The number of fused-ring (bicyclic) bond motifs is 1. The zero-order valence-corrected chi connectivity index (χ0v) is 11.5. The van der Waals surface area contributed by atoms with Gasteiger partial charge in [-0.3, -0.25) is 14.5 Å². The first-order chi connectivity index (χ1) is 10.3. The summed E-state index contributed by atoms with van der Waals surface area (Å²) in [6.45, 7) is 0.306. The van der Waals surface area contributed by atoms with Crippen LogP contribution in [-0.4, -0.2) is 23.3 Å². The van der Waals surface area contributed by atoms with Crippen molar-refractivity contribution in [1.29, 1.82) is 0 Å². The Morgan fingerprint density at radius 1 is 0.952 bits per heavy atom. The Hall–Kier alpha value is -2.68. The van der Waals surface area contributed by atoms with E-state index in [0.717, 1.165) is 11.1 Å². The highest BCUT2D eigenvalue weighted by Gasteiger charge is 2.29. The summed E-state index contributed by atoms with van der Waals surface area (Å²) in [6.07, 6.45) is 4.06. The fourth-order valence-corrected chi connectivity index (χ4v) is 2.44. The van der Waals surface area contributed by atoms with Gasteiger partial charge in [0.1, 0.15) is 0 Å². The van der Waals surface area contributed by atoms with E-state index in [1.807, 2.05) is 60.7 Å². The fourth-order valence-electron chi connectivity index (χ4n) is 2.44. The fraction of sp³-hybridized carbons (Fsp3) is 0.111. The highest BCUT2D eigenvalue weighted by atomic mass is 16.2. The normalized spacial score (nSPS) is 14.6. The topological polar surface area (TPSA) is 37.4 Å². The van der Waals surface area contributed by atoms with Crippen molar-refractivity contribution in [2.45, 2.75) is 6.42 Å². The van der Waals surface area contributed by atoms with E-state index in [-0.39, 0.29) is 11.8 Å². The van der Waals surface area contributed by atoms with Crippen LogP contribution in [0.3, 0.4) is 0 Å². The van der Waals surface area contributed by atoms with Gasteiger partial charge in [-0.15, -0.1) is 0 Å². The Kier molecular flexibility index (Phi) is 3.65. The van der Waals surface area contributed by atoms with Gasteiger partial charge in [0.05, 0.1) is 6.42 Å². The molecular formula is C18H15NO2. The summed E-state index contributed by atoms with van der Waals surface area (Å²) in [5, 5.41) is 0. The van der Waals surface area contributed by atoms with Gasteiger partial charge in [-0.1, -0.05) is 60.7 Å². The molecule has 3 nitrogen and oxygen atoms in total. The first-order valence-electron chi connectivity index (χ1n) is 6.90. The summed E-state index contributed by atoms with van der Waals surface area (Å²) >= 11 is 0. The van der Waals surface area contributed by atoms with E-state index in [1.54, 1.807) is 6.07 Å². The summed E-state index contributed by atoms with van der Waals surface area (Å²) in [5.41, 5.74) is 2.50. The number of carbonyl (C=O) groups is 2. The second-order valence-electron chi connectivity index (χ2n) is 4.96. The van der Waals surface area contributed by atoms with Crippen LogP contribution in [0, 0.1) is 0 Å². The molecule has 104 valence electrons. The molecule has 1 aliphatic heterocycles. The Morgan fingerprint density at radius 2 is 1.67 bits per heavy atom. The highest BCUT2D eigenvalue weighted by molar-refractivity contribution is 6.09. The second kappa shape index (κ2) is 5.75. The van der Waals surface area contributed by atoms with Gasteiger partial charge in [-0.2, -0.15) is 0 Å².